The number of pyridine rings is 2. The summed E-state index contributed by atoms with van der Waals surface area (Å²) in [5, 5.41) is 31.6. The number of thioether (sulfide) groups is 2. The minimum atomic E-state index is -4.18. The van der Waals surface area contributed by atoms with E-state index in [1.165, 1.54) is 55.8 Å². The fourth-order valence-electron chi connectivity index (χ4n) is 8.14. The largest absolute Gasteiger partial charge is 0.506 e. The van der Waals surface area contributed by atoms with Gasteiger partial charge in [-0.15, -0.1) is 23.5 Å². The molecule has 8 N–H and O–H groups in total. The first-order valence-electron chi connectivity index (χ1n) is 21.2. The van der Waals surface area contributed by atoms with E-state index in [2.05, 4.69) is 25.9 Å². The lowest BCUT2D eigenvalue weighted by Crippen LogP contribution is -2.23. The second-order valence-electron chi connectivity index (χ2n) is 15.9. The SMILES string of the molecule is COc1cccc(Nc2c(C(N)=O)cnc3c(C)cc(S(=O)(=O)c4cccc(C(=O)Nc5ccc(C6(CCCCNCC(O)c7ccc(O)c8[nH]c(=O)ccc78)SCCS6)cc5)c4)cc23)c1. The number of carbonyl (C=O) groups is 2. The van der Waals surface area contributed by atoms with Crippen LogP contribution < -0.4 is 32.0 Å². The monoisotopic (exact) mass is 944 g/mol. The molecule has 0 saturated carbocycles. The lowest BCUT2D eigenvalue weighted by Gasteiger charge is -2.28. The third-order valence-corrected chi connectivity index (χ3v) is 16.8. The Morgan fingerprint density at radius 2 is 1.68 bits per heavy atom. The summed E-state index contributed by atoms with van der Waals surface area (Å²) in [6, 6.07) is 29.8. The van der Waals surface area contributed by atoms with Gasteiger partial charge in [0.05, 0.1) is 49.4 Å². The number of phenols is 1. The van der Waals surface area contributed by atoms with Gasteiger partial charge < -0.3 is 41.6 Å². The van der Waals surface area contributed by atoms with Crippen molar-refractivity contribution in [3.05, 3.63) is 154 Å². The van der Waals surface area contributed by atoms with Crippen molar-refractivity contribution in [1.29, 1.82) is 0 Å². The van der Waals surface area contributed by atoms with Crippen LogP contribution in [0.1, 0.15) is 62.8 Å². The number of aromatic hydroxyl groups is 1. The van der Waals surface area contributed by atoms with Crippen molar-refractivity contribution in [2.75, 3.05) is 42.3 Å². The van der Waals surface area contributed by atoms with Gasteiger partial charge in [-0.2, -0.15) is 0 Å². The number of amides is 2. The van der Waals surface area contributed by atoms with Gasteiger partial charge in [-0.05, 0) is 116 Å². The molecule has 0 spiro atoms. The van der Waals surface area contributed by atoms with Gasteiger partial charge in [-0.3, -0.25) is 19.4 Å². The quantitative estimate of drug-likeness (QED) is 0.0429. The average Bonchev–Trinajstić information content (AvgIpc) is 3.80. The first kappa shape index (κ1) is 46.2. The maximum atomic E-state index is 14.3. The molecule has 340 valence electrons. The standard InChI is InChI=1S/C49H48N6O8S3/c1-29-23-36(26-39-44(29)52-27-40(47(50)59)45(39)53-33-8-6-9-34(25-33)63-2)66(61,62)35-10-5-7-30(24-35)48(60)54-32-13-11-31(12-14-32)49(64-21-22-65-49)19-3-4-20-51-28-42(57)37-15-17-41(56)46-38(37)16-18-43(58)55-46/h5-18,23-27,42,51,56-57H,3-4,19-22,28H2,1-2H3,(H2,50,59)(H,52,53)(H,54,60)(H,55,58). The number of fused-ring (bicyclic) bond motifs is 2. The number of unbranched alkanes of at least 4 members (excludes halogenated alkanes) is 1. The fourth-order valence-corrected chi connectivity index (χ4v) is 12.9. The van der Waals surface area contributed by atoms with Crippen molar-refractivity contribution in [3.8, 4) is 11.5 Å². The van der Waals surface area contributed by atoms with Crippen molar-refractivity contribution < 1.29 is 33.0 Å². The zero-order chi connectivity index (χ0) is 46.6. The van der Waals surface area contributed by atoms with Crippen LogP contribution in [0, 0.1) is 6.92 Å². The summed E-state index contributed by atoms with van der Waals surface area (Å²) in [6.45, 7) is 2.75. The number of aliphatic hydroxyl groups excluding tert-OH is 1. The third kappa shape index (κ3) is 9.76. The van der Waals surface area contributed by atoms with Crippen LogP contribution in [0.3, 0.4) is 0 Å². The van der Waals surface area contributed by atoms with E-state index in [9.17, 15) is 33.0 Å². The summed E-state index contributed by atoms with van der Waals surface area (Å²) in [6.07, 6.45) is 3.29. The first-order chi connectivity index (χ1) is 31.8. The van der Waals surface area contributed by atoms with Gasteiger partial charge in [0.15, 0.2) is 0 Å². The number of aromatic nitrogens is 2. The molecule has 2 amide bonds. The van der Waals surface area contributed by atoms with Crippen molar-refractivity contribution in [3.63, 3.8) is 0 Å². The van der Waals surface area contributed by atoms with Gasteiger partial charge in [-0.1, -0.05) is 30.3 Å². The van der Waals surface area contributed by atoms with E-state index in [-0.39, 0.29) is 36.3 Å². The van der Waals surface area contributed by atoms with E-state index in [0.717, 1.165) is 36.3 Å². The first-order valence-corrected chi connectivity index (χ1v) is 24.6. The molecular weight excluding hydrogens is 897 g/mol. The maximum Gasteiger partial charge on any atom is 0.255 e. The highest BCUT2D eigenvalue weighted by molar-refractivity contribution is 8.20. The number of nitrogens with zero attached hydrogens (tertiary/aromatic N) is 1. The van der Waals surface area contributed by atoms with Gasteiger partial charge in [-0.25, -0.2) is 8.42 Å². The molecule has 1 aliphatic rings. The number of sulfone groups is 1. The molecule has 1 saturated heterocycles. The number of nitrogens with two attached hydrogens (primary N) is 1. The van der Waals surface area contributed by atoms with E-state index in [1.807, 2.05) is 47.8 Å². The summed E-state index contributed by atoms with van der Waals surface area (Å²) in [5.74, 6) is 1.34. The fraction of sp³-hybridized carbons (Fsp3) is 0.224. The lowest BCUT2D eigenvalue weighted by molar-refractivity contribution is 0.0998. The molecule has 1 aliphatic heterocycles. The molecule has 3 heterocycles. The zero-order valence-electron chi connectivity index (χ0n) is 36.1. The minimum Gasteiger partial charge on any atom is -0.506 e. The number of benzene rings is 5. The van der Waals surface area contributed by atoms with Crippen molar-refractivity contribution in [1.82, 2.24) is 15.3 Å². The highest BCUT2D eigenvalue weighted by Crippen LogP contribution is 2.55. The second-order valence-corrected chi connectivity index (χ2v) is 20.9. The summed E-state index contributed by atoms with van der Waals surface area (Å²) in [7, 11) is -2.65. The molecule has 0 aliphatic carbocycles. The van der Waals surface area contributed by atoms with Crippen LogP contribution in [-0.4, -0.2) is 72.1 Å². The highest BCUT2D eigenvalue weighted by atomic mass is 32.2. The summed E-state index contributed by atoms with van der Waals surface area (Å²) in [4.78, 5) is 44.9. The van der Waals surface area contributed by atoms with E-state index in [4.69, 9.17) is 10.5 Å². The second kappa shape index (κ2) is 19.6. The number of methoxy groups -OCH3 is 1. The summed E-state index contributed by atoms with van der Waals surface area (Å²) >= 11 is 3.83. The normalized spacial score (nSPS) is 14.0. The van der Waals surface area contributed by atoms with E-state index < -0.39 is 27.8 Å². The van der Waals surface area contributed by atoms with Crippen molar-refractivity contribution in [2.24, 2.45) is 5.73 Å². The number of carbonyl (C=O) groups excluding carboxylic acids is 2. The number of anilines is 3. The number of H-pyrrole nitrogens is 1. The van der Waals surface area contributed by atoms with E-state index in [1.54, 1.807) is 49.4 Å². The van der Waals surface area contributed by atoms with Crippen LogP contribution in [0.5, 0.6) is 11.5 Å². The number of hydrogen-bond acceptors (Lipinski definition) is 13. The number of aliphatic hydroxyl groups is 1. The molecule has 0 bridgehead atoms. The molecule has 17 heteroatoms. The minimum absolute atomic E-state index is 0.0499. The number of aryl methyl sites for hydroxylation is 1. The Kier molecular flexibility index (Phi) is 13.7. The van der Waals surface area contributed by atoms with Gasteiger partial charge >= 0.3 is 0 Å². The Morgan fingerprint density at radius 1 is 0.909 bits per heavy atom. The van der Waals surface area contributed by atoms with E-state index >= 15 is 0 Å². The molecule has 7 aromatic rings. The number of rotatable bonds is 17. The molecule has 14 nitrogen and oxygen atoms in total. The number of primary amides is 1. The Hall–Kier alpha value is -6.37. The Morgan fingerprint density at radius 3 is 2.44 bits per heavy atom. The molecule has 1 fully saturated rings. The molecule has 2 aromatic heterocycles. The Labute approximate surface area is 389 Å². The maximum absolute atomic E-state index is 14.3. The number of phenolic OH excluding ortho intramolecular Hbond substituents is 1. The third-order valence-electron chi connectivity index (χ3n) is 11.5. The molecule has 0 radical (unpaired) electrons. The van der Waals surface area contributed by atoms with Crippen LogP contribution in [0.15, 0.2) is 130 Å². The molecule has 5 aromatic carbocycles. The number of ether oxygens (including phenoxy) is 1. The number of aromatic amines is 1. The highest BCUT2D eigenvalue weighted by Gasteiger charge is 2.37. The number of hydrogen-bond donors (Lipinski definition) is 7. The lowest BCUT2D eigenvalue weighted by atomic mass is 10.0. The Balaban J connectivity index is 0.918. The van der Waals surface area contributed by atoms with Gasteiger partial charge in [0.25, 0.3) is 11.8 Å². The molecule has 8 rings (SSSR count). The zero-order valence-corrected chi connectivity index (χ0v) is 38.5. The Bertz CT molecular complexity index is 3140. The van der Waals surface area contributed by atoms with Crippen LogP contribution in [0.2, 0.25) is 0 Å². The number of nitrogens with one attached hydrogen (secondary N) is 4. The van der Waals surface area contributed by atoms with Crippen molar-refractivity contribution in [2.45, 2.75) is 46.2 Å². The van der Waals surface area contributed by atoms with E-state index in [0.29, 0.717) is 68.8 Å². The van der Waals surface area contributed by atoms with Crippen LogP contribution in [0.4, 0.5) is 17.1 Å². The summed E-state index contributed by atoms with van der Waals surface area (Å²) in [5.41, 5.74) is 10.2. The predicted octanol–water partition coefficient (Wildman–Crippen LogP) is 8.15. The van der Waals surface area contributed by atoms with Crippen molar-refractivity contribution >= 4 is 84.0 Å². The van der Waals surface area contributed by atoms with Crippen LogP contribution in [0.25, 0.3) is 21.8 Å². The molecule has 1 unspecified atom stereocenters. The molecular formula is C49H48N6O8S3. The van der Waals surface area contributed by atoms with Crippen LogP contribution in [-0.2, 0) is 13.9 Å². The van der Waals surface area contributed by atoms with Gasteiger partial charge in [0, 0.05) is 64.1 Å². The molecule has 66 heavy (non-hydrogen) atoms. The summed E-state index contributed by atoms with van der Waals surface area (Å²) < 4.78 is 33.8. The average molecular weight is 945 g/mol. The smallest absolute Gasteiger partial charge is 0.255 e. The van der Waals surface area contributed by atoms with Gasteiger partial charge in [0.1, 0.15) is 11.5 Å². The molecule has 1 atom stereocenters. The topological polar surface area (TPSA) is 226 Å². The predicted molar refractivity (Wildman–Crippen MR) is 262 cm³/mol. The van der Waals surface area contributed by atoms with Gasteiger partial charge in [0.2, 0.25) is 15.4 Å². The van der Waals surface area contributed by atoms with Crippen LogP contribution >= 0.6 is 23.5 Å².